The molecule has 5 nitrogen and oxygen atoms in total. The Hall–Kier alpha value is -1.38. The molecule has 1 aromatic carbocycles. The monoisotopic (exact) mass is 388 g/mol. The third-order valence-electron chi connectivity index (χ3n) is 2.56. The van der Waals surface area contributed by atoms with Gasteiger partial charge < -0.3 is 5.32 Å². The van der Waals surface area contributed by atoms with Gasteiger partial charge in [0.25, 0.3) is 10.0 Å². The van der Waals surface area contributed by atoms with Crippen molar-refractivity contribution in [3.05, 3.63) is 39.7 Å². The van der Waals surface area contributed by atoms with E-state index in [9.17, 15) is 13.2 Å². The summed E-state index contributed by atoms with van der Waals surface area (Å²) in [4.78, 5) is 10.9. The second-order valence-electron chi connectivity index (χ2n) is 4.39. The third kappa shape index (κ3) is 4.05. The molecule has 1 aromatic heterocycles. The van der Waals surface area contributed by atoms with Crippen molar-refractivity contribution in [2.75, 3.05) is 10.0 Å². The molecular formula is C13H13BrN2O3S2. The van der Waals surface area contributed by atoms with Crippen LogP contribution in [0.5, 0.6) is 0 Å². The fraction of sp³-hybridized carbons (Fsp3) is 0.154. The predicted octanol–water partition coefficient (Wildman–Crippen LogP) is 3.58. The van der Waals surface area contributed by atoms with E-state index < -0.39 is 10.0 Å². The second kappa shape index (κ2) is 6.17. The molecule has 2 N–H and O–H groups in total. The van der Waals surface area contributed by atoms with E-state index in [0.717, 1.165) is 20.7 Å². The first-order valence-electron chi connectivity index (χ1n) is 5.94. The zero-order valence-corrected chi connectivity index (χ0v) is 14.5. The number of nitrogens with one attached hydrogen (secondary N) is 2. The fourth-order valence-electron chi connectivity index (χ4n) is 1.59. The molecule has 0 saturated carbocycles. The Bertz CT molecular complexity index is 748. The first-order chi connectivity index (χ1) is 9.78. The highest BCUT2D eigenvalue weighted by Crippen LogP contribution is 2.31. The number of thiophene rings is 1. The van der Waals surface area contributed by atoms with Gasteiger partial charge in [-0.15, -0.1) is 11.3 Å². The zero-order valence-electron chi connectivity index (χ0n) is 11.3. The number of sulfonamides is 1. The van der Waals surface area contributed by atoms with Gasteiger partial charge in [-0.1, -0.05) is 0 Å². The number of benzene rings is 1. The molecule has 8 heteroatoms. The molecule has 0 bridgehead atoms. The molecule has 1 amide bonds. The number of amides is 1. The number of hydrogen-bond acceptors (Lipinski definition) is 4. The highest BCUT2D eigenvalue weighted by Gasteiger charge is 2.18. The Labute approximate surface area is 135 Å². The summed E-state index contributed by atoms with van der Waals surface area (Å²) >= 11 is 4.47. The second-order valence-corrected chi connectivity index (χ2v) is 8.67. The molecule has 0 aliphatic heterocycles. The van der Waals surface area contributed by atoms with Crippen LogP contribution in [-0.2, 0) is 14.8 Å². The van der Waals surface area contributed by atoms with Crippen molar-refractivity contribution < 1.29 is 13.2 Å². The lowest BCUT2D eigenvalue weighted by atomic mass is 10.3. The van der Waals surface area contributed by atoms with Gasteiger partial charge in [-0.25, -0.2) is 8.42 Å². The van der Waals surface area contributed by atoms with Crippen LogP contribution in [0.4, 0.5) is 11.4 Å². The Morgan fingerprint density at radius 2 is 1.76 bits per heavy atom. The third-order valence-corrected chi connectivity index (χ3v) is 6.55. The molecule has 0 aliphatic rings. The number of halogens is 1. The van der Waals surface area contributed by atoms with E-state index in [4.69, 9.17) is 0 Å². The van der Waals surface area contributed by atoms with Crippen molar-refractivity contribution in [3.8, 4) is 0 Å². The van der Waals surface area contributed by atoms with Crippen LogP contribution in [-0.4, -0.2) is 14.3 Å². The smallest absolute Gasteiger partial charge is 0.271 e. The molecule has 0 spiro atoms. The van der Waals surface area contributed by atoms with E-state index >= 15 is 0 Å². The Kier molecular flexibility index (Phi) is 4.70. The Balaban J connectivity index is 2.18. The van der Waals surface area contributed by atoms with Crippen molar-refractivity contribution in [2.24, 2.45) is 0 Å². The number of carbonyl (C=O) groups excluding carboxylic acids is 1. The van der Waals surface area contributed by atoms with Gasteiger partial charge >= 0.3 is 0 Å². The molecule has 0 radical (unpaired) electrons. The molecule has 0 aliphatic carbocycles. The number of aryl methyl sites for hydroxylation is 1. The lowest BCUT2D eigenvalue weighted by Gasteiger charge is -2.07. The summed E-state index contributed by atoms with van der Waals surface area (Å²) in [5.74, 6) is -0.178. The summed E-state index contributed by atoms with van der Waals surface area (Å²) in [6.45, 7) is 3.25. The first-order valence-corrected chi connectivity index (χ1v) is 9.03. The van der Waals surface area contributed by atoms with Gasteiger partial charge in [0.05, 0.1) is 3.79 Å². The maximum absolute atomic E-state index is 12.2. The highest BCUT2D eigenvalue weighted by molar-refractivity contribution is 9.11. The van der Waals surface area contributed by atoms with Crippen molar-refractivity contribution in [2.45, 2.75) is 18.1 Å². The van der Waals surface area contributed by atoms with Gasteiger partial charge in [0.2, 0.25) is 5.91 Å². The Morgan fingerprint density at radius 1 is 1.19 bits per heavy atom. The maximum atomic E-state index is 12.2. The molecule has 112 valence electrons. The highest BCUT2D eigenvalue weighted by atomic mass is 79.9. The molecule has 0 atom stereocenters. The van der Waals surface area contributed by atoms with Crippen LogP contribution >= 0.6 is 27.3 Å². The van der Waals surface area contributed by atoms with E-state index in [-0.39, 0.29) is 10.1 Å². The summed E-state index contributed by atoms with van der Waals surface area (Å²) < 4.78 is 28.0. The van der Waals surface area contributed by atoms with E-state index in [1.54, 1.807) is 30.3 Å². The SMILES string of the molecule is CC(=O)Nc1ccc(NS(=O)(=O)c2cc(C)c(Br)s2)cc1. The molecule has 2 aromatic rings. The summed E-state index contributed by atoms with van der Waals surface area (Å²) in [5.41, 5.74) is 1.92. The topological polar surface area (TPSA) is 75.3 Å². The van der Waals surface area contributed by atoms with Gasteiger partial charge in [0.1, 0.15) is 4.21 Å². The van der Waals surface area contributed by atoms with Crippen molar-refractivity contribution in [3.63, 3.8) is 0 Å². The van der Waals surface area contributed by atoms with E-state index in [2.05, 4.69) is 26.0 Å². The van der Waals surface area contributed by atoms with E-state index in [1.165, 1.54) is 6.92 Å². The standard InChI is InChI=1S/C13H13BrN2O3S2/c1-8-7-12(20-13(8)14)21(18,19)16-11-5-3-10(4-6-11)15-9(2)17/h3-7,16H,1-2H3,(H,15,17). The van der Waals surface area contributed by atoms with E-state index in [0.29, 0.717) is 11.4 Å². The molecular weight excluding hydrogens is 376 g/mol. The lowest BCUT2D eigenvalue weighted by Crippen LogP contribution is -2.11. The summed E-state index contributed by atoms with van der Waals surface area (Å²) in [5, 5.41) is 2.62. The van der Waals surface area contributed by atoms with Crippen LogP contribution in [0.25, 0.3) is 0 Å². The fourth-order valence-corrected chi connectivity index (χ4v) is 4.88. The van der Waals surface area contributed by atoms with Gasteiger partial charge in [-0.2, -0.15) is 0 Å². The van der Waals surface area contributed by atoms with Crippen LogP contribution in [0.3, 0.4) is 0 Å². The number of anilines is 2. The minimum atomic E-state index is -3.60. The number of hydrogen-bond donors (Lipinski definition) is 2. The van der Waals surface area contributed by atoms with Crippen LogP contribution in [0, 0.1) is 6.92 Å². The quantitative estimate of drug-likeness (QED) is 0.840. The molecule has 0 saturated heterocycles. The Morgan fingerprint density at radius 3 is 2.24 bits per heavy atom. The van der Waals surface area contributed by atoms with Gasteiger partial charge in [0, 0.05) is 18.3 Å². The maximum Gasteiger partial charge on any atom is 0.271 e. The number of rotatable bonds is 4. The molecule has 0 fully saturated rings. The summed E-state index contributed by atoms with van der Waals surface area (Å²) in [6.07, 6.45) is 0. The van der Waals surface area contributed by atoms with Crippen LogP contribution < -0.4 is 10.0 Å². The van der Waals surface area contributed by atoms with E-state index in [1.807, 2.05) is 6.92 Å². The van der Waals surface area contributed by atoms with Crippen LogP contribution in [0.15, 0.2) is 38.3 Å². The summed E-state index contributed by atoms with van der Waals surface area (Å²) in [6, 6.07) is 8.07. The average Bonchev–Trinajstić information content (AvgIpc) is 2.72. The lowest BCUT2D eigenvalue weighted by molar-refractivity contribution is -0.114. The molecule has 0 unspecified atom stereocenters. The molecule has 21 heavy (non-hydrogen) atoms. The van der Waals surface area contributed by atoms with Crippen LogP contribution in [0.2, 0.25) is 0 Å². The van der Waals surface area contributed by atoms with Crippen molar-refractivity contribution in [1.29, 1.82) is 0 Å². The van der Waals surface area contributed by atoms with Gasteiger partial charge in [0.15, 0.2) is 0 Å². The van der Waals surface area contributed by atoms with Gasteiger partial charge in [-0.3, -0.25) is 9.52 Å². The molecule has 2 rings (SSSR count). The van der Waals surface area contributed by atoms with Crippen LogP contribution in [0.1, 0.15) is 12.5 Å². The predicted molar refractivity (Wildman–Crippen MR) is 88.3 cm³/mol. The average molecular weight is 389 g/mol. The van der Waals surface area contributed by atoms with Crippen molar-refractivity contribution in [1.82, 2.24) is 0 Å². The number of carbonyl (C=O) groups is 1. The normalized spacial score (nSPS) is 11.2. The minimum Gasteiger partial charge on any atom is -0.326 e. The zero-order chi connectivity index (χ0) is 15.6. The first kappa shape index (κ1) is 16.0. The minimum absolute atomic E-state index is 0.178. The van der Waals surface area contributed by atoms with Gasteiger partial charge in [-0.05, 0) is 58.7 Å². The largest absolute Gasteiger partial charge is 0.326 e. The van der Waals surface area contributed by atoms with Crippen molar-refractivity contribution >= 4 is 54.6 Å². The molecule has 1 heterocycles. The summed E-state index contributed by atoms with van der Waals surface area (Å²) in [7, 11) is -3.60.